The van der Waals surface area contributed by atoms with Crippen LogP contribution in [0.4, 0.5) is 0 Å². The van der Waals surface area contributed by atoms with Gasteiger partial charge in [0.15, 0.2) is 0 Å². The van der Waals surface area contributed by atoms with Crippen LogP contribution >= 0.6 is 0 Å². The Morgan fingerprint density at radius 3 is 1.65 bits per heavy atom. The molecule has 0 aliphatic heterocycles. The highest BCUT2D eigenvalue weighted by atomic mass is 16.5. The molecule has 0 aliphatic rings. The molecule has 0 radical (unpaired) electrons. The second kappa shape index (κ2) is 42.7. The Morgan fingerprint density at radius 1 is 0.582 bits per heavy atom. The largest absolute Gasteiger partial charge is 0.458 e. The number of ether oxygens (including phenoxy) is 1. The van der Waals surface area contributed by atoms with Crippen LogP contribution in [-0.4, -0.2) is 46.9 Å². The molecular formula is C49H87NO5. The van der Waals surface area contributed by atoms with E-state index in [1.165, 1.54) is 109 Å². The third-order valence-electron chi connectivity index (χ3n) is 10.1. The van der Waals surface area contributed by atoms with Crippen LogP contribution in [0.1, 0.15) is 213 Å². The quantitative estimate of drug-likeness (QED) is 0.0250. The zero-order valence-electron chi connectivity index (χ0n) is 36.0. The molecule has 318 valence electrons. The van der Waals surface area contributed by atoms with Crippen molar-refractivity contribution >= 4 is 11.9 Å². The number of unbranched alkanes of at least 4 members (excludes halogenated alkanes) is 22. The van der Waals surface area contributed by atoms with Gasteiger partial charge in [0.05, 0.1) is 25.2 Å². The van der Waals surface area contributed by atoms with Crippen LogP contribution in [0.2, 0.25) is 0 Å². The molecule has 0 rings (SSSR count). The SMILES string of the molecule is CC/C=C/C=C/C=C/CCCCCCCCCC(=O)OC(/C=C/C/C=C\CCCCCCCC)CC(=O)NC(CO)C(O)CCCCCCCCCCCC. The van der Waals surface area contributed by atoms with Gasteiger partial charge in [0.2, 0.25) is 5.91 Å². The summed E-state index contributed by atoms with van der Waals surface area (Å²) in [7, 11) is 0. The summed E-state index contributed by atoms with van der Waals surface area (Å²) in [6.07, 6.45) is 51.7. The van der Waals surface area contributed by atoms with E-state index >= 15 is 0 Å². The maximum atomic E-state index is 13.1. The van der Waals surface area contributed by atoms with Crippen LogP contribution in [0.25, 0.3) is 0 Å². The number of carbonyl (C=O) groups excluding carboxylic acids is 2. The highest BCUT2D eigenvalue weighted by Gasteiger charge is 2.23. The molecule has 3 N–H and O–H groups in total. The number of aliphatic hydroxyl groups excluding tert-OH is 2. The summed E-state index contributed by atoms with van der Waals surface area (Å²) < 4.78 is 5.80. The Bertz CT molecular complexity index is 999. The van der Waals surface area contributed by atoms with Crippen molar-refractivity contribution in [3.63, 3.8) is 0 Å². The average molecular weight is 770 g/mol. The molecule has 0 aromatic carbocycles. The van der Waals surface area contributed by atoms with E-state index in [-0.39, 0.29) is 24.9 Å². The molecule has 0 heterocycles. The predicted molar refractivity (Wildman–Crippen MR) is 236 cm³/mol. The summed E-state index contributed by atoms with van der Waals surface area (Å²) in [6.45, 7) is 6.28. The van der Waals surface area contributed by atoms with E-state index in [0.29, 0.717) is 19.3 Å². The zero-order valence-corrected chi connectivity index (χ0v) is 36.0. The van der Waals surface area contributed by atoms with Gasteiger partial charge in [0.25, 0.3) is 0 Å². The van der Waals surface area contributed by atoms with Crippen molar-refractivity contribution in [1.82, 2.24) is 5.32 Å². The predicted octanol–water partition coefficient (Wildman–Crippen LogP) is 13.3. The monoisotopic (exact) mass is 770 g/mol. The van der Waals surface area contributed by atoms with Gasteiger partial charge in [-0.15, -0.1) is 0 Å². The molecule has 0 aromatic rings. The average Bonchev–Trinajstić information content (AvgIpc) is 3.18. The zero-order chi connectivity index (χ0) is 40.3. The molecule has 0 aromatic heterocycles. The van der Waals surface area contributed by atoms with Crippen molar-refractivity contribution in [2.75, 3.05) is 6.61 Å². The number of nitrogens with one attached hydrogen (secondary N) is 1. The standard InChI is InChI=1S/C49H87NO5/c1-4-7-10-13-16-19-22-23-24-25-27-30-33-36-39-42-49(54)55-45(40-37-34-31-28-26-20-17-14-11-8-5-2)43-48(53)50-46(44-51)47(52)41-38-35-32-29-21-18-15-12-9-6-3/h7,10,13,16,19,22,28,31,37,40,45-47,51-52H,4-6,8-9,11-12,14-15,17-18,20-21,23-27,29-30,32-36,38-39,41-44H2,1-3H3,(H,50,53)/b10-7+,16-13+,22-19+,31-28-,40-37+. The second-order valence-corrected chi connectivity index (χ2v) is 15.5. The Kier molecular flexibility index (Phi) is 40.8. The molecule has 0 aliphatic carbocycles. The Hall–Kier alpha value is -2.44. The van der Waals surface area contributed by atoms with E-state index < -0.39 is 18.2 Å². The maximum Gasteiger partial charge on any atom is 0.306 e. The minimum Gasteiger partial charge on any atom is -0.458 e. The van der Waals surface area contributed by atoms with Crippen molar-refractivity contribution in [3.8, 4) is 0 Å². The fourth-order valence-corrected chi connectivity index (χ4v) is 6.63. The molecule has 6 nitrogen and oxygen atoms in total. The van der Waals surface area contributed by atoms with Crippen LogP contribution < -0.4 is 5.32 Å². The van der Waals surface area contributed by atoms with Gasteiger partial charge >= 0.3 is 5.97 Å². The van der Waals surface area contributed by atoms with E-state index in [9.17, 15) is 19.8 Å². The van der Waals surface area contributed by atoms with Crippen molar-refractivity contribution < 1.29 is 24.5 Å². The Balaban J connectivity index is 4.68. The minimum absolute atomic E-state index is 0.0351. The number of aliphatic hydroxyl groups is 2. The van der Waals surface area contributed by atoms with Crippen molar-refractivity contribution in [2.24, 2.45) is 0 Å². The lowest BCUT2D eigenvalue weighted by Crippen LogP contribution is -2.46. The van der Waals surface area contributed by atoms with Gasteiger partial charge in [0.1, 0.15) is 6.10 Å². The van der Waals surface area contributed by atoms with Crippen molar-refractivity contribution in [1.29, 1.82) is 0 Å². The third-order valence-corrected chi connectivity index (χ3v) is 10.1. The van der Waals surface area contributed by atoms with Gasteiger partial charge in [-0.05, 0) is 57.4 Å². The lowest BCUT2D eigenvalue weighted by molar-refractivity contribution is -0.148. The fourth-order valence-electron chi connectivity index (χ4n) is 6.63. The van der Waals surface area contributed by atoms with E-state index in [2.05, 4.69) is 74.7 Å². The molecule has 3 atom stereocenters. The molecule has 0 bridgehead atoms. The van der Waals surface area contributed by atoms with E-state index in [1.807, 2.05) is 12.2 Å². The highest BCUT2D eigenvalue weighted by Crippen LogP contribution is 2.15. The molecule has 55 heavy (non-hydrogen) atoms. The van der Waals surface area contributed by atoms with Crippen LogP contribution in [0.3, 0.4) is 0 Å². The Morgan fingerprint density at radius 2 is 1.09 bits per heavy atom. The van der Waals surface area contributed by atoms with Crippen LogP contribution in [0.5, 0.6) is 0 Å². The second-order valence-electron chi connectivity index (χ2n) is 15.5. The number of amides is 1. The maximum absolute atomic E-state index is 13.1. The first kappa shape index (κ1) is 52.6. The first-order chi connectivity index (χ1) is 27.0. The number of rotatable bonds is 40. The summed E-state index contributed by atoms with van der Waals surface area (Å²) >= 11 is 0. The van der Waals surface area contributed by atoms with Gasteiger partial charge < -0.3 is 20.3 Å². The van der Waals surface area contributed by atoms with Crippen molar-refractivity contribution in [3.05, 3.63) is 60.8 Å². The summed E-state index contributed by atoms with van der Waals surface area (Å²) in [5, 5.41) is 23.5. The van der Waals surface area contributed by atoms with Gasteiger partial charge in [-0.25, -0.2) is 0 Å². The lowest BCUT2D eigenvalue weighted by Gasteiger charge is -2.23. The highest BCUT2D eigenvalue weighted by molar-refractivity contribution is 5.78. The van der Waals surface area contributed by atoms with E-state index in [0.717, 1.165) is 57.8 Å². The lowest BCUT2D eigenvalue weighted by atomic mass is 10.0. The van der Waals surface area contributed by atoms with Crippen LogP contribution in [-0.2, 0) is 14.3 Å². The van der Waals surface area contributed by atoms with Gasteiger partial charge in [-0.3, -0.25) is 9.59 Å². The molecule has 0 saturated carbocycles. The van der Waals surface area contributed by atoms with E-state index in [4.69, 9.17) is 4.74 Å². The summed E-state index contributed by atoms with van der Waals surface area (Å²) in [5.74, 6) is -0.620. The summed E-state index contributed by atoms with van der Waals surface area (Å²) in [6, 6.07) is -0.733. The Labute approximate surface area is 339 Å². The number of hydrogen-bond acceptors (Lipinski definition) is 5. The minimum atomic E-state index is -0.812. The van der Waals surface area contributed by atoms with Crippen LogP contribution in [0, 0.1) is 0 Å². The topological polar surface area (TPSA) is 95.9 Å². The molecule has 0 fully saturated rings. The van der Waals surface area contributed by atoms with E-state index in [1.54, 1.807) is 0 Å². The van der Waals surface area contributed by atoms with Gasteiger partial charge in [0, 0.05) is 6.42 Å². The molecular weight excluding hydrogens is 683 g/mol. The molecule has 0 saturated heterocycles. The first-order valence-electron chi connectivity index (χ1n) is 23.1. The first-order valence-corrected chi connectivity index (χ1v) is 23.1. The number of hydrogen-bond donors (Lipinski definition) is 3. The summed E-state index contributed by atoms with van der Waals surface area (Å²) in [4.78, 5) is 25.9. The van der Waals surface area contributed by atoms with Gasteiger partial charge in [-0.1, -0.05) is 204 Å². The molecule has 3 unspecified atom stereocenters. The fraction of sp³-hybridized carbons (Fsp3) is 0.755. The molecule has 6 heteroatoms. The molecule has 1 amide bonds. The van der Waals surface area contributed by atoms with Crippen LogP contribution in [0.15, 0.2) is 60.8 Å². The smallest absolute Gasteiger partial charge is 0.306 e. The molecule has 0 spiro atoms. The van der Waals surface area contributed by atoms with Crippen molar-refractivity contribution in [2.45, 2.75) is 232 Å². The number of carbonyl (C=O) groups is 2. The summed E-state index contributed by atoms with van der Waals surface area (Å²) in [5.41, 5.74) is 0. The normalized spacial score (nSPS) is 13.9. The van der Waals surface area contributed by atoms with Gasteiger partial charge in [-0.2, -0.15) is 0 Å². The number of esters is 1. The number of allylic oxidation sites excluding steroid dienone is 9. The third kappa shape index (κ3) is 38.2.